The summed E-state index contributed by atoms with van der Waals surface area (Å²) >= 11 is 5.87. The van der Waals surface area contributed by atoms with Crippen molar-refractivity contribution in [3.05, 3.63) is 41.3 Å². The van der Waals surface area contributed by atoms with Gasteiger partial charge in [0.05, 0.1) is 23.1 Å². The van der Waals surface area contributed by atoms with Gasteiger partial charge in [-0.1, -0.05) is 11.6 Å². The number of benzene rings is 1. The Morgan fingerprint density at radius 3 is 2.94 bits per heavy atom. The van der Waals surface area contributed by atoms with E-state index in [9.17, 15) is 0 Å². The van der Waals surface area contributed by atoms with Crippen LogP contribution >= 0.6 is 11.6 Å². The first-order valence-electron chi connectivity index (χ1n) is 4.73. The molecule has 0 saturated carbocycles. The van der Waals surface area contributed by atoms with Crippen molar-refractivity contribution < 1.29 is 0 Å². The number of nitriles is 1. The highest BCUT2D eigenvalue weighted by atomic mass is 35.5. The lowest BCUT2D eigenvalue weighted by molar-refractivity contribution is 1.17. The summed E-state index contributed by atoms with van der Waals surface area (Å²) in [5.41, 5.74) is 7.12. The van der Waals surface area contributed by atoms with Gasteiger partial charge in [0.1, 0.15) is 12.4 Å². The van der Waals surface area contributed by atoms with Gasteiger partial charge < -0.3 is 11.1 Å². The van der Waals surface area contributed by atoms with Gasteiger partial charge in [-0.2, -0.15) is 5.26 Å². The number of anilines is 3. The fraction of sp³-hybridized carbons (Fsp3) is 0. The second-order valence-corrected chi connectivity index (χ2v) is 3.69. The summed E-state index contributed by atoms with van der Waals surface area (Å²) in [5.74, 6) is 0.443. The average molecular weight is 246 g/mol. The zero-order valence-corrected chi connectivity index (χ0v) is 9.44. The predicted molar refractivity (Wildman–Crippen MR) is 65.9 cm³/mol. The molecular formula is C11H8ClN5. The summed E-state index contributed by atoms with van der Waals surface area (Å²) in [5, 5.41) is 12.4. The molecule has 0 bridgehead atoms. The predicted octanol–water partition coefficient (Wildman–Crippen LogP) is 2.33. The first-order chi connectivity index (χ1) is 8.20. The highest BCUT2D eigenvalue weighted by molar-refractivity contribution is 6.30. The maximum absolute atomic E-state index is 8.96. The molecule has 0 saturated heterocycles. The summed E-state index contributed by atoms with van der Waals surface area (Å²) in [6, 6.07) is 6.97. The Hall–Kier alpha value is -2.32. The standard InChI is InChI=1S/C11H8ClN5/c12-8-2-1-7(4-13)10(3-8)17-11-9(14)5-15-6-16-11/h1-3,5-6H,14H2,(H,15,16,17). The summed E-state index contributed by atoms with van der Waals surface area (Å²) in [4.78, 5) is 7.76. The van der Waals surface area contributed by atoms with Crippen LogP contribution in [0, 0.1) is 11.3 Å². The third kappa shape index (κ3) is 2.44. The smallest absolute Gasteiger partial charge is 0.157 e. The summed E-state index contributed by atoms with van der Waals surface area (Å²) in [7, 11) is 0. The maximum atomic E-state index is 8.96. The van der Waals surface area contributed by atoms with Crippen molar-refractivity contribution in [2.75, 3.05) is 11.1 Å². The van der Waals surface area contributed by atoms with Crippen LogP contribution in [0.4, 0.5) is 17.2 Å². The summed E-state index contributed by atoms with van der Waals surface area (Å²) in [6.07, 6.45) is 2.85. The molecule has 0 spiro atoms. The number of aromatic nitrogens is 2. The van der Waals surface area contributed by atoms with Gasteiger partial charge in [-0.05, 0) is 18.2 Å². The van der Waals surface area contributed by atoms with E-state index < -0.39 is 0 Å². The van der Waals surface area contributed by atoms with Crippen LogP contribution in [0.1, 0.15) is 5.56 Å². The molecule has 0 aliphatic carbocycles. The molecule has 17 heavy (non-hydrogen) atoms. The number of nitrogen functional groups attached to an aromatic ring is 1. The molecule has 2 rings (SSSR count). The minimum atomic E-state index is 0.399. The Labute approximate surface area is 103 Å². The Bertz CT molecular complexity index is 591. The van der Waals surface area contributed by atoms with Crippen molar-refractivity contribution in [2.45, 2.75) is 0 Å². The van der Waals surface area contributed by atoms with E-state index in [1.807, 2.05) is 0 Å². The molecule has 6 heteroatoms. The molecule has 3 N–H and O–H groups in total. The van der Waals surface area contributed by atoms with Gasteiger partial charge >= 0.3 is 0 Å². The van der Waals surface area contributed by atoms with Crippen LogP contribution in [0.3, 0.4) is 0 Å². The van der Waals surface area contributed by atoms with Gasteiger partial charge in [-0.3, -0.25) is 0 Å². The van der Waals surface area contributed by atoms with Gasteiger partial charge in [0, 0.05) is 5.02 Å². The van der Waals surface area contributed by atoms with Crippen molar-refractivity contribution in [1.29, 1.82) is 5.26 Å². The molecule has 1 aromatic carbocycles. The van der Waals surface area contributed by atoms with Crippen molar-refractivity contribution in [1.82, 2.24) is 9.97 Å². The molecule has 2 aromatic rings. The number of nitrogens with one attached hydrogen (secondary N) is 1. The molecule has 0 atom stereocenters. The number of hydrogen-bond acceptors (Lipinski definition) is 5. The molecule has 1 heterocycles. The molecule has 0 aliphatic rings. The molecule has 1 aromatic heterocycles. The van der Waals surface area contributed by atoms with Crippen molar-refractivity contribution >= 4 is 28.8 Å². The molecule has 0 aliphatic heterocycles. The third-order valence-electron chi connectivity index (χ3n) is 2.10. The van der Waals surface area contributed by atoms with Crippen LogP contribution < -0.4 is 11.1 Å². The van der Waals surface area contributed by atoms with Crippen LogP contribution in [0.2, 0.25) is 5.02 Å². The van der Waals surface area contributed by atoms with Gasteiger partial charge in [-0.25, -0.2) is 9.97 Å². The van der Waals surface area contributed by atoms with E-state index >= 15 is 0 Å². The average Bonchev–Trinajstić information content (AvgIpc) is 2.32. The second kappa shape index (κ2) is 4.68. The zero-order valence-electron chi connectivity index (χ0n) is 8.68. The van der Waals surface area contributed by atoms with Gasteiger partial charge in [0.2, 0.25) is 0 Å². The highest BCUT2D eigenvalue weighted by Crippen LogP contribution is 2.25. The SMILES string of the molecule is N#Cc1ccc(Cl)cc1Nc1ncncc1N. The van der Waals surface area contributed by atoms with Crippen molar-refractivity contribution in [2.24, 2.45) is 0 Å². The summed E-state index contributed by atoms with van der Waals surface area (Å²) < 4.78 is 0. The summed E-state index contributed by atoms with van der Waals surface area (Å²) in [6.45, 7) is 0. The topological polar surface area (TPSA) is 87.6 Å². The van der Waals surface area contributed by atoms with Crippen LogP contribution in [-0.2, 0) is 0 Å². The number of halogens is 1. The molecule has 84 valence electrons. The molecule has 0 amide bonds. The van der Waals surface area contributed by atoms with E-state index in [0.717, 1.165) is 0 Å². The minimum Gasteiger partial charge on any atom is -0.394 e. The number of nitrogens with two attached hydrogens (primary N) is 1. The lowest BCUT2D eigenvalue weighted by Gasteiger charge is -2.09. The van der Waals surface area contributed by atoms with E-state index in [1.165, 1.54) is 12.5 Å². The van der Waals surface area contributed by atoms with Crippen LogP contribution in [0.25, 0.3) is 0 Å². The van der Waals surface area contributed by atoms with E-state index in [-0.39, 0.29) is 0 Å². The third-order valence-corrected chi connectivity index (χ3v) is 2.33. The van der Waals surface area contributed by atoms with Crippen molar-refractivity contribution in [3.63, 3.8) is 0 Å². The van der Waals surface area contributed by atoms with Crippen LogP contribution in [0.15, 0.2) is 30.7 Å². The normalized spacial score (nSPS) is 9.65. The Kier molecular flexibility index (Phi) is 3.08. The minimum absolute atomic E-state index is 0.399. The largest absolute Gasteiger partial charge is 0.394 e. The monoisotopic (exact) mass is 245 g/mol. The number of hydrogen-bond donors (Lipinski definition) is 2. The lowest BCUT2D eigenvalue weighted by Crippen LogP contribution is -2.01. The fourth-order valence-electron chi connectivity index (χ4n) is 1.29. The molecule has 0 fully saturated rings. The van der Waals surface area contributed by atoms with Gasteiger partial charge in [0.15, 0.2) is 5.82 Å². The highest BCUT2D eigenvalue weighted by Gasteiger charge is 2.06. The fourth-order valence-corrected chi connectivity index (χ4v) is 1.46. The Morgan fingerprint density at radius 2 is 2.24 bits per heavy atom. The molecular weight excluding hydrogens is 238 g/mol. The van der Waals surface area contributed by atoms with Gasteiger partial charge in [0.25, 0.3) is 0 Å². The second-order valence-electron chi connectivity index (χ2n) is 3.25. The van der Waals surface area contributed by atoms with E-state index in [0.29, 0.717) is 27.8 Å². The molecule has 5 nitrogen and oxygen atoms in total. The first kappa shape index (κ1) is 11.2. The maximum Gasteiger partial charge on any atom is 0.157 e. The Morgan fingerprint density at radius 1 is 1.41 bits per heavy atom. The van der Waals surface area contributed by atoms with Gasteiger partial charge in [-0.15, -0.1) is 0 Å². The van der Waals surface area contributed by atoms with Crippen LogP contribution in [0.5, 0.6) is 0 Å². The van der Waals surface area contributed by atoms with Crippen molar-refractivity contribution in [3.8, 4) is 6.07 Å². The van der Waals surface area contributed by atoms with Crippen LogP contribution in [-0.4, -0.2) is 9.97 Å². The Balaban J connectivity index is 2.40. The number of rotatable bonds is 2. The first-order valence-corrected chi connectivity index (χ1v) is 5.10. The van der Waals surface area contributed by atoms with E-state index in [2.05, 4.69) is 21.4 Å². The quantitative estimate of drug-likeness (QED) is 0.848. The van der Waals surface area contributed by atoms with E-state index in [4.69, 9.17) is 22.6 Å². The lowest BCUT2D eigenvalue weighted by atomic mass is 10.2. The molecule has 0 radical (unpaired) electrons. The molecule has 0 unspecified atom stereocenters. The van der Waals surface area contributed by atoms with E-state index in [1.54, 1.807) is 18.2 Å². The zero-order chi connectivity index (χ0) is 12.3. The number of nitrogens with zero attached hydrogens (tertiary/aromatic N) is 3.